The molecule has 0 saturated heterocycles. The second kappa shape index (κ2) is 9.48. The second-order valence-corrected chi connectivity index (χ2v) is 7.35. The number of anilines is 1. The summed E-state index contributed by atoms with van der Waals surface area (Å²) in [6.07, 6.45) is 0. The van der Waals surface area contributed by atoms with Gasteiger partial charge in [-0.1, -0.05) is 36.4 Å². The van der Waals surface area contributed by atoms with E-state index in [1.807, 2.05) is 18.2 Å². The Morgan fingerprint density at radius 1 is 0.758 bits per heavy atom. The van der Waals surface area contributed by atoms with Crippen LogP contribution in [0, 0.1) is 0 Å². The van der Waals surface area contributed by atoms with Crippen molar-refractivity contribution in [2.24, 2.45) is 0 Å². The van der Waals surface area contributed by atoms with E-state index in [1.54, 1.807) is 68.8 Å². The highest BCUT2D eigenvalue weighted by atomic mass is 16.5. The number of carbonyl (C=O) groups is 2. The minimum atomic E-state index is -0.417. The van der Waals surface area contributed by atoms with Crippen molar-refractivity contribution in [1.29, 1.82) is 0 Å². The van der Waals surface area contributed by atoms with Crippen LogP contribution in [0.2, 0.25) is 0 Å². The Bertz CT molecular complexity index is 1220. The third-order valence-electron chi connectivity index (χ3n) is 5.38. The number of benzene rings is 3. The fraction of sp³-hybridized carbons (Fsp3) is 0.154. The normalized spacial score (nSPS) is 13.4. The maximum atomic E-state index is 13.5. The van der Waals surface area contributed by atoms with Crippen LogP contribution >= 0.6 is 0 Å². The van der Waals surface area contributed by atoms with Gasteiger partial charge < -0.3 is 19.5 Å². The van der Waals surface area contributed by atoms with Gasteiger partial charge in [0.05, 0.1) is 33.4 Å². The predicted molar refractivity (Wildman–Crippen MR) is 125 cm³/mol. The van der Waals surface area contributed by atoms with Crippen LogP contribution in [0.25, 0.3) is 5.57 Å². The fourth-order valence-corrected chi connectivity index (χ4v) is 3.70. The highest BCUT2D eigenvalue weighted by Gasteiger charge is 2.40. The summed E-state index contributed by atoms with van der Waals surface area (Å²) in [4.78, 5) is 28.2. The van der Waals surface area contributed by atoms with Crippen LogP contribution in [0.3, 0.4) is 0 Å². The summed E-state index contributed by atoms with van der Waals surface area (Å²) in [7, 11) is 4.69. The molecule has 0 radical (unpaired) electrons. The first kappa shape index (κ1) is 22.0. The first-order chi connectivity index (χ1) is 16.0. The van der Waals surface area contributed by atoms with E-state index in [9.17, 15) is 9.59 Å². The molecule has 0 spiro atoms. The second-order valence-electron chi connectivity index (χ2n) is 7.35. The van der Waals surface area contributed by atoms with Gasteiger partial charge in [0.2, 0.25) is 0 Å². The van der Waals surface area contributed by atoms with Crippen LogP contribution in [0.1, 0.15) is 11.1 Å². The van der Waals surface area contributed by atoms with Crippen LogP contribution in [0.15, 0.2) is 78.5 Å². The Morgan fingerprint density at radius 2 is 1.48 bits per heavy atom. The van der Waals surface area contributed by atoms with E-state index in [0.717, 1.165) is 5.56 Å². The van der Waals surface area contributed by atoms with Crippen LogP contribution in [-0.4, -0.2) is 38.0 Å². The van der Waals surface area contributed by atoms with Gasteiger partial charge in [0, 0.05) is 17.3 Å². The highest BCUT2D eigenvalue weighted by molar-refractivity contribution is 6.36. The molecular formula is C26H24N2O5. The van der Waals surface area contributed by atoms with Gasteiger partial charge in [-0.25, -0.2) is 0 Å². The Labute approximate surface area is 192 Å². The molecule has 1 aliphatic rings. The molecule has 1 N–H and O–H groups in total. The number of nitrogens with one attached hydrogen (secondary N) is 1. The number of ether oxygens (including phenoxy) is 3. The summed E-state index contributed by atoms with van der Waals surface area (Å²) < 4.78 is 16.0. The van der Waals surface area contributed by atoms with Crippen LogP contribution < -0.4 is 19.5 Å². The van der Waals surface area contributed by atoms with Crippen molar-refractivity contribution < 1.29 is 23.8 Å². The van der Waals surface area contributed by atoms with Crippen molar-refractivity contribution >= 4 is 23.1 Å². The first-order valence-electron chi connectivity index (χ1n) is 10.3. The molecule has 0 aliphatic carbocycles. The van der Waals surface area contributed by atoms with E-state index in [4.69, 9.17) is 14.2 Å². The van der Waals surface area contributed by atoms with Crippen LogP contribution in [0.5, 0.6) is 17.2 Å². The summed E-state index contributed by atoms with van der Waals surface area (Å²) in [5, 5.41) is 3.14. The van der Waals surface area contributed by atoms with E-state index in [2.05, 4.69) is 5.32 Å². The Hall–Kier alpha value is -4.26. The largest absolute Gasteiger partial charge is 0.497 e. The topological polar surface area (TPSA) is 77.1 Å². The van der Waals surface area contributed by atoms with Crippen LogP contribution in [0.4, 0.5) is 5.69 Å². The molecular weight excluding hydrogens is 420 g/mol. The number of hydrogen-bond donors (Lipinski definition) is 1. The lowest BCUT2D eigenvalue weighted by Crippen LogP contribution is -2.32. The fourth-order valence-electron chi connectivity index (χ4n) is 3.70. The van der Waals surface area contributed by atoms with Crippen molar-refractivity contribution in [3.63, 3.8) is 0 Å². The van der Waals surface area contributed by atoms with Crippen molar-refractivity contribution in [3.8, 4) is 17.2 Å². The molecule has 0 aromatic heterocycles. The van der Waals surface area contributed by atoms with Gasteiger partial charge in [-0.05, 0) is 35.9 Å². The standard InChI is InChI=1S/C26H24N2O5/c1-31-19-13-11-17(12-14-19)16-28-25(29)23(21-9-4-5-10-22(21)33-3)24(26(28)30)27-18-7-6-8-20(15-18)32-2/h4-15,27H,16H2,1-3H3. The Balaban J connectivity index is 1.75. The SMILES string of the molecule is COc1ccc(CN2C(=O)C(Nc3cccc(OC)c3)=C(c3ccccc3OC)C2=O)cc1. The summed E-state index contributed by atoms with van der Waals surface area (Å²) in [6, 6.07) is 21.6. The number of methoxy groups -OCH3 is 3. The van der Waals surface area contributed by atoms with Crippen molar-refractivity contribution in [2.75, 3.05) is 26.6 Å². The molecule has 3 aromatic carbocycles. The van der Waals surface area contributed by atoms with Gasteiger partial charge in [-0.3, -0.25) is 14.5 Å². The average molecular weight is 444 g/mol. The molecule has 0 saturated carbocycles. The number of rotatable bonds is 8. The van der Waals surface area contributed by atoms with Gasteiger partial charge in [0.1, 0.15) is 22.9 Å². The minimum absolute atomic E-state index is 0.129. The average Bonchev–Trinajstić information content (AvgIpc) is 3.08. The smallest absolute Gasteiger partial charge is 0.278 e. The number of imide groups is 1. The number of para-hydroxylation sites is 1. The van der Waals surface area contributed by atoms with Gasteiger partial charge in [0.25, 0.3) is 11.8 Å². The number of nitrogens with zero attached hydrogens (tertiary/aromatic N) is 1. The van der Waals surface area contributed by atoms with Gasteiger partial charge in [-0.15, -0.1) is 0 Å². The molecule has 3 aromatic rings. The maximum absolute atomic E-state index is 13.5. The molecule has 1 heterocycles. The number of amides is 2. The van der Waals surface area contributed by atoms with E-state index >= 15 is 0 Å². The lowest BCUT2D eigenvalue weighted by atomic mass is 10.0. The summed E-state index contributed by atoms with van der Waals surface area (Å²) in [5.74, 6) is 1.02. The molecule has 7 heteroatoms. The van der Waals surface area contributed by atoms with Gasteiger partial charge >= 0.3 is 0 Å². The van der Waals surface area contributed by atoms with Crippen LogP contribution in [-0.2, 0) is 16.1 Å². The lowest BCUT2D eigenvalue weighted by Gasteiger charge is -2.16. The molecule has 0 atom stereocenters. The third-order valence-corrected chi connectivity index (χ3v) is 5.38. The summed E-state index contributed by atoms with van der Waals surface area (Å²) >= 11 is 0. The highest BCUT2D eigenvalue weighted by Crippen LogP contribution is 2.36. The zero-order valence-electron chi connectivity index (χ0n) is 18.6. The summed E-state index contributed by atoms with van der Waals surface area (Å²) in [5.41, 5.74) is 2.42. The predicted octanol–water partition coefficient (Wildman–Crippen LogP) is 4.10. The first-order valence-corrected chi connectivity index (χ1v) is 10.3. The van der Waals surface area contributed by atoms with E-state index in [1.165, 1.54) is 12.0 Å². The Morgan fingerprint density at radius 3 is 2.18 bits per heavy atom. The number of carbonyl (C=O) groups excluding carboxylic acids is 2. The van der Waals surface area contributed by atoms with Crippen molar-refractivity contribution in [1.82, 2.24) is 4.90 Å². The number of hydrogen-bond acceptors (Lipinski definition) is 6. The summed E-state index contributed by atoms with van der Waals surface area (Å²) in [6.45, 7) is 0.129. The zero-order valence-corrected chi connectivity index (χ0v) is 18.6. The van der Waals surface area contributed by atoms with Crippen molar-refractivity contribution in [2.45, 2.75) is 6.54 Å². The lowest BCUT2D eigenvalue weighted by molar-refractivity contribution is -0.137. The third kappa shape index (κ3) is 4.39. The molecule has 0 bridgehead atoms. The molecule has 168 valence electrons. The quantitative estimate of drug-likeness (QED) is 0.527. The van der Waals surface area contributed by atoms with Gasteiger partial charge in [-0.2, -0.15) is 0 Å². The molecule has 7 nitrogen and oxygen atoms in total. The van der Waals surface area contributed by atoms with E-state index in [0.29, 0.717) is 28.5 Å². The molecule has 0 unspecified atom stereocenters. The molecule has 4 rings (SSSR count). The van der Waals surface area contributed by atoms with E-state index in [-0.39, 0.29) is 17.8 Å². The van der Waals surface area contributed by atoms with Crippen molar-refractivity contribution in [3.05, 3.63) is 89.6 Å². The van der Waals surface area contributed by atoms with E-state index < -0.39 is 11.8 Å². The maximum Gasteiger partial charge on any atom is 0.278 e. The molecule has 2 amide bonds. The monoisotopic (exact) mass is 444 g/mol. The molecule has 1 aliphatic heterocycles. The Kier molecular flexibility index (Phi) is 6.31. The molecule has 33 heavy (non-hydrogen) atoms. The van der Waals surface area contributed by atoms with Gasteiger partial charge in [0.15, 0.2) is 0 Å². The zero-order chi connectivity index (χ0) is 23.4. The molecule has 0 fully saturated rings. The minimum Gasteiger partial charge on any atom is -0.497 e.